The van der Waals surface area contributed by atoms with Crippen molar-refractivity contribution in [1.82, 2.24) is 16.0 Å². The van der Waals surface area contributed by atoms with Gasteiger partial charge in [0.05, 0.1) is 36.1 Å². The molecule has 0 radical (unpaired) electrons. The van der Waals surface area contributed by atoms with Gasteiger partial charge in [-0.3, -0.25) is 29.3 Å². The Balaban J connectivity index is 1.48. The van der Waals surface area contributed by atoms with Crippen molar-refractivity contribution >= 4 is 35.5 Å². The minimum Gasteiger partial charge on any atom is -0.346 e. The van der Waals surface area contributed by atoms with E-state index in [1.807, 2.05) is 12.1 Å². The molecule has 0 aromatic heterocycles. The summed E-state index contributed by atoms with van der Waals surface area (Å²) in [7, 11) is 0. The van der Waals surface area contributed by atoms with Crippen LogP contribution in [-0.2, 0) is 24.0 Å². The molecule has 1 saturated carbocycles. The van der Waals surface area contributed by atoms with Gasteiger partial charge in [0.1, 0.15) is 5.92 Å². The van der Waals surface area contributed by atoms with Crippen LogP contribution < -0.4 is 16.0 Å². The molecule has 2 aromatic rings. The Bertz CT molecular complexity index is 1340. The molecule has 2 aromatic carbocycles. The maximum Gasteiger partial charge on any atom is 0.244 e. The van der Waals surface area contributed by atoms with Gasteiger partial charge in [-0.05, 0) is 48.1 Å². The lowest BCUT2D eigenvalue weighted by atomic mass is 9.83. The molecule has 1 aliphatic heterocycles. The molecule has 40 heavy (non-hydrogen) atoms. The van der Waals surface area contributed by atoms with Crippen molar-refractivity contribution in [2.45, 2.75) is 51.1 Å². The number of nitrogens with zero attached hydrogens (tertiary/aromatic N) is 1. The normalized spacial score (nSPS) is 20.5. The third-order valence-corrected chi connectivity index (χ3v) is 7.62. The second-order valence-electron chi connectivity index (χ2n) is 10.4. The summed E-state index contributed by atoms with van der Waals surface area (Å²) in [6, 6.07) is 16.3. The van der Waals surface area contributed by atoms with E-state index < -0.39 is 53.3 Å². The van der Waals surface area contributed by atoms with Crippen molar-refractivity contribution in [1.29, 1.82) is 5.26 Å². The molecule has 1 saturated heterocycles. The molecule has 9 heteroatoms. The fraction of sp³-hybridized carbons (Fsp3) is 0.355. The van der Waals surface area contributed by atoms with Gasteiger partial charge in [0, 0.05) is 6.08 Å². The van der Waals surface area contributed by atoms with Crippen molar-refractivity contribution in [2.24, 2.45) is 17.8 Å². The van der Waals surface area contributed by atoms with Crippen LogP contribution >= 0.6 is 0 Å². The predicted octanol–water partition coefficient (Wildman–Crippen LogP) is 2.97. The molecule has 0 unspecified atom stereocenters. The maximum absolute atomic E-state index is 13.5. The lowest BCUT2D eigenvalue weighted by Crippen LogP contribution is -2.50. The van der Waals surface area contributed by atoms with Crippen molar-refractivity contribution < 1.29 is 24.0 Å². The maximum atomic E-state index is 13.5. The molecule has 1 heterocycles. The average Bonchev–Trinajstić information content (AvgIpc) is 3.58. The molecule has 0 spiro atoms. The number of rotatable bonds is 10. The fourth-order valence-corrected chi connectivity index (χ4v) is 5.39. The molecule has 206 valence electrons. The van der Waals surface area contributed by atoms with Gasteiger partial charge in [0.25, 0.3) is 0 Å². The summed E-state index contributed by atoms with van der Waals surface area (Å²) < 4.78 is 0. The summed E-state index contributed by atoms with van der Waals surface area (Å²) in [6.45, 7) is 1.54. The van der Waals surface area contributed by atoms with E-state index in [0.29, 0.717) is 5.56 Å². The molecule has 1 aliphatic carbocycles. The van der Waals surface area contributed by atoms with Crippen molar-refractivity contribution in [3.8, 4) is 6.07 Å². The standard InChI is InChI=1S/C31H32N4O5/c1-19-27(31(40)35-30(19)39)29(38)28(23-9-5-6-10-23)34-26(37)17-24(22-7-3-2-4-8-22)33-25(36)16-15-20-11-13-21(18-32)14-12-20/h2-4,7-8,11-16,19,23-24,27-28H,5-6,9-10,17H2,1H3,(H,33,36)(H,34,37)(H,35,39,40)/t19-,24-,27+,28-/m0/s1. The minimum absolute atomic E-state index is 0.118. The van der Waals surface area contributed by atoms with Crippen LogP contribution in [0.5, 0.6) is 0 Å². The number of nitriles is 1. The number of amides is 4. The highest BCUT2D eigenvalue weighted by Crippen LogP contribution is 2.32. The monoisotopic (exact) mass is 540 g/mol. The second-order valence-corrected chi connectivity index (χ2v) is 10.4. The topological polar surface area (TPSA) is 145 Å². The zero-order valence-corrected chi connectivity index (χ0v) is 22.3. The fourth-order valence-electron chi connectivity index (χ4n) is 5.39. The smallest absolute Gasteiger partial charge is 0.244 e. The first-order valence-corrected chi connectivity index (χ1v) is 13.5. The molecular formula is C31H32N4O5. The van der Waals surface area contributed by atoms with E-state index in [1.54, 1.807) is 61.5 Å². The summed E-state index contributed by atoms with van der Waals surface area (Å²) in [6.07, 6.45) is 6.18. The van der Waals surface area contributed by atoms with E-state index in [1.165, 1.54) is 6.08 Å². The Hall–Kier alpha value is -4.58. The Morgan fingerprint density at radius 1 is 1.00 bits per heavy atom. The third kappa shape index (κ3) is 6.89. The zero-order chi connectivity index (χ0) is 28.6. The second kappa shape index (κ2) is 13.0. The van der Waals surface area contributed by atoms with E-state index in [0.717, 1.165) is 36.8 Å². The summed E-state index contributed by atoms with van der Waals surface area (Å²) in [5.74, 6) is -4.44. The average molecular weight is 541 g/mol. The van der Waals surface area contributed by atoms with Gasteiger partial charge in [-0.2, -0.15) is 5.26 Å². The van der Waals surface area contributed by atoms with E-state index in [4.69, 9.17) is 5.26 Å². The van der Waals surface area contributed by atoms with Gasteiger partial charge < -0.3 is 10.6 Å². The van der Waals surface area contributed by atoms with Gasteiger partial charge >= 0.3 is 0 Å². The molecule has 2 fully saturated rings. The molecule has 9 nitrogen and oxygen atoms in total. The number of imide groups is 1. The van der Waals surface area contributed by atoms with Gasteiger partial charge in [-0.25, -0.2) is 0 Å². The van der Waals surface area contributed by atoms with Crippen LogP contribution in [0.4, 0.5) is 0 Å². The van der Waals surface area contributed by atoms with E-state index in [9.17, 15) is 24.0 Å². The van der Waals surface area contributed by atoms with Gasteiger partial charge in [-0.15, -0.1) is 0 Å². The molecule has 2 aliphatic rings. The number of carbonyl (C=O) groups is 5. The number of ketones is 1. The van der Waals surface area contributed by atoms with Gasteiger partial charge in [-0.1, -0.05) is 62.2 Å². The summed E-state index contributed by atoms with van der Waals surface area (Å²) in [5.41, 5.74) is 1.97. The van der Waals surface area contributed by atoms with E-state index >= 15 is 0 Å². The number of hydrogen-bond acceptors (Lipinski definition) is 6. The van der Waals surface area contributed by atoms with E-state index in [-0.39, 0.29) is 12.3 Å². The highest BCUT2D eigenvalue weighted by molar-refractivity contribution is 6.16. The highest BCUT2D eigenvalue weighted by atomic mass is 16.2. The largest absolute Gasteiger partial charge is 0.346 e. The van der Waals surface area contributed by atoms with Crippen molar-refractivity contribution in [2.75, 3.05) is 0 Å². The van der Waals surface area contributed by atoms with Crippen molar-refractivity contribution in [3.05, 3.63) is 77.4 Å². The van der Waals surface area contributed by atoms with Crippen LogP contribution in [0.1, 0.15) is 61.8 Å². The molecule has 4 rings (SSSR count). The van der Waals surface area contributed by atoms with Crippen molar-refractivity contribution in [3.63, 3.8) is 0 Å². The number of nitrogens with one attached hydrogen (secondary N) is 3. The minimum atomic E-state index is -1.13. The first-order valence-electron chi connectivity index (χ1n) is 13.5. The number of carbonyl (C=O) groups excluding carboxylic acids is 5. The zero-order valence-electron chi connectivity index (χ0n) is 22.3. The van der Waals surface area contributed by atoms with Crippen LogP contribution in [0.2, 0.25) is 0 Å². The molecular weight excluding hydrogens is 508 g/mol. The first-order chi connectivity index (χ1) is 19.3. The van der Waals surface area contributed by atoms with Crippen LogP contribution in [0.3, 0.4) is 0 Å². The number of Topliss-reactive ketones (excluding diaryl/α,β-unsaturated/α-hetero) is 1. The Morgan fingerprint density at radius 2 is 1.68 bits per heavy atom. The Labute approximate surface area is 233 Å². The van der Waals surface area contributed by atoms with Gasteiger partial charge in [0.2, 0.25) is 23.6 Å². The van der Waals surface area contributed by atoms with Crippen LogP contribution in [-0.4, -0.2) is 35.5 Å². The van der Waals surface area contributed by atoms with E-state index in [2.05, 4.69) is 16.0 Å². The third-order valence-electron chi connectivity index (χ3n) is 7.62. The number of benzene rings is 2. The van der Waals surface area contributed by atoms with Crippen LogP contribution in [0.25, 0.3) is 6.08 Å². The highest BCUT2D eigenvalue weighted by Gasteiger charge is 2.47. The Kier molecular flexibility index (Phi) is 9.23. The lowest BCUT2D eigenvalue weighted by molar-refractivity contribution is -0.137. The van der Waals surface area contributed by atoms with Crippen LogP contribution in [0, 0.1) is 29.1 Å². The van der Waals surface area contributed by atoms with Crippen LogP contribution in [0.15, 0.2) is 60.7 Å². The summed E-state index contributed by atoms with van der Waals surface area (Å²) >= 11 is 0. The lowest BCUT2D eigenvalue weighted by Gasteiger charge is -2.27. The summed E-state index contributed by atoms with van der Waals surface area (Å²) in [5, 5.41) is 16.9. The SMILES string of the molecule is C[C@@H]1C(=O)NC(=O)[C@H]1C(=O)[C@@H](NC(=O)C[C@H](NC(=O)C=Cc1ccc(C#N)cc1)c1ccccc1)C1CCCC1. The molecule has 4 amide bonds. The molecule has 0 bridgehead atoms. The predicted molar refractivity (Wildman–Crippen MR) is 147 cm³/mol. The summed E-state index contributed by atoms with van der Waals surface area (Å²) in [4.78, 5) is 64.0. The molecule has 3 N–H and O–H groups in total. The Morgan fingerprint density at radius 3 is 2.27 bits per heavy atom. The number of hydrogen-bond donors (Lipinski definition) is 3. The van der Waals surface area contributed by atoms with Gasteiger partial charge in [0.15, 0.2) is 5.78 Å². The molecule has 4 atom stereocenters. The first kappa shape index (κ1) is 28.4. The quantitative estimate of drug-likeness (QED) is 0.240.